The van der Waals surface area contributed by atoms with Crippen LogP contribution in [0.25, 0.3) is 33.7 Å². The van der Waals surface area contributed by atoms with Gasteiger partial charge in [-0.15, -0.1) is 10.2 Å². The fraction of sp³-hybridized carbons (Fsp3) is 0.0833. The van der Waals surface area contributed by atoms with Gasteiger partial charge in [0.25, 0.3) is 5.89 Å². The molecular formula is C24H17N3O4. The smallest absolute Gasteiger partial charge is 0.338 e. The minimum Gasteiger partial charge on any atom is -0.449 e. The normalized spacial score (nSPS) is 12.0. The van der Waals surface area contributed by atoms with E-state index >= 15 is 0 Å². The summed E-state index contributed by atoms with van der Waals surface area (Å²) in [5.74, 6) is 0.692. The van der Waals surface area contributed by atoms with Gasteiger partial charge < -0.3 is 13.7 Å². The van der Waals surface area contributed by atoms with Crippen molar-refractivity contribution in [2.45, 2.75) is 13.0 Å². The van der Waals surface area contributed by atoms with Crippen LogP contribution in [0.1, 0.15) is 29.3 Å². The summed E-state index contributed by atoms with van der Waals surface area (Å²) in [6.45, 7) is 1.69. The van der Waals surface area contributed by atoms with Crippen LogP contribution in [-0.2, 0) is 4.74 Å². The fourth-order valence-electron chi connectivity index (χ4n) is 3.24. The van der Waals surface area contributed by atoms with Gasteiger partial charge in [0.05, 0.1) is 10.9 Å². The minimum atomic E-state index is -0.704. The molecule has 5 aromatic rings. The summed E-state index contributed by atoms with van der Waals surface area (Å²) >= 11 is 0. The molecule has 0 N–H and O–H groups in total. The lowest BCUT2D eigenvalue weighted by atomic mass is 10.1. The maximum Gasteiger partial charge on any atom is 0.338 e. The average Bonchev–Trinajstić information content (AvgIpc) is 3.47. The highest BCUT2D eigenvalue weighted by Crippen LogP contribution is 2.30. The van der Waals surface area contributed by atoms with Crippen LogP contribution in [0.15, 0.2) is 87.8 Å². The lowest BCUT2D eigenvalue weighted by Crippen LogP contribution is -2.09. The van der Waals surface area contributed by atoms with E-state index in [1.165, 1.54) is 0 Å². The van der Waals surface area contributed by atoms with Crippen LogP contribution in [-0.4, -0.2) is 21.3 Å². The Bertz CT molecular complexity index is 1340. The molecule has 0 fully saturated rings. The molecule has 0 saturated carbocycles. The number of carbonyl (C=O) groups is 1. The Kier molecular flexibility index (Phi) is 4.76. The summed E-state index contributed by atoms with van der Waals surface area (Å²) in [4.78, 5) is 12.8. The quantitative estimate of drug-likeness (QED) is 0.355. The lowest BCUT2D eigenvalue weighted by molar-refractivity contribution is 0.0280. The summed E-state index contributed by atoms with van der Waals surface area (Å²) in [5, 5.41) is 12.9. The molecule has 0 aliphatic rings. The van der Waals surface area contributed by atoms with Gasteiger partial charge in [0.2, 0.25) is 5.89 Å². The topological polar surface area (TPSA) is 91.2 Å². The Labute approximate surface area is 177 Å². The van der Waals surface area contributed by atoms with Crippen molar-refractivity contribution < 1.29 is 18.5 Å². The highest BCUT2D eigenvalue weighted by molar-refractivity contribution is 5.98. The summed E-state index contributed by atoms with van der Waals surface area (Å²) in [7, 11) is 0. The number of nitrogens with zero attached hydrogens (tertiary/aromatic N) is 3. The maximum absolute atomic E-state index is 12.8. The van der Waals surface area contributed by atoms with E-state index in [1.807, 2.05) is 60.7 Å². The summed E-state index contributed by atoms with van der Waals surface area (Å²) in [6, 6.07) is 24.1. The van der Waals surface area contributed by atoms with Crippen LogP contribution in [0.3, 0.4) is 0 Å². The second-order valence-electron chi connectivity index (χ2n) is 6.97. The third-order valence-electron chi connectivity index (χ3n) is 4.84. The van der Waals surface area contributed by atoms with Crippen LogP contribution in [0.5, 0.6) is 0 Å². The highest BCUT2D eigenvalue weighted by Gasteiger charge is 2.21. The predicted octanol–water partition coefficient (Wildman–Crippen LogP) is 5.46. The van der Waals surface area contributed by atoms with Crippen molar-refractivity contribution in [3.05, 3.63) is 90.3 Å². The van der Waals surface area contributed by atoms with Gasteiger partial charge in [-0.1, -0.05) is 53.7 Å². The van der Waals surface area contributed by atoms with Gasteiger partial charge in [-0.25, -0.2) is 4.79 Å². The number of aromatic nitrogens is 3. The largest absolute Gasteiger partial charge is 0.449 e. The Hall–Kier alpha value is -4.26. The van der Waals surface area contributed by atoms with Crippen molar-refractivity contribution in [1.29, 1.82) is 0 Å². The molecule has 0 unspecified atom stereocenters. The fourth-order valence-corrected chi connectivity index (χ4v) is 3.24. The van der Waals surface area contributed by atoms with Crippen molar-refractivity contribution in [1.82, 2.24) is 15.4 Å². The Balaban J connectivity index is 1.37. The van der Waals surface area contributed by atoms with Crippen LogP contribution in [0, 0.1) is 0 Å². The summed E-state index contributed by atoms with van der Waals surface area (Å²) in [5.41, 5.74) is 2.71. The molecule has 0 spiro atoms. The molecule has 5 rings (SSSR count). The molecule has 0 radical (unpaired) electrons. The van der Waals surface area contributed by atoms with Gasteiger partial charge in [0.15, 0.2) is 11.9 Å². The zero-order chi connectivity index (χ0) is 21.2. The van der Waals surface area contributed by atoms with Crippen molar-refractivity contribution in [2.24, 2.45) is 0 Å². The van der Waals surface area contributed by atoms with Gasteiger partial charge in [-0.3, -0.25) is 0 Å². The van der Waals surface area contributed by atoms with Gasteiger partial charge in [-0.05, 0) is 37.3 Å². The molecule has 7 heteroatoms. The average molecular weight is 411 g/mol. The van der Waals surface area contributed by atoms with Crippen LogP contribution >= 0.6 is 0 Å². The molecule has 0 aliphatic heterocycles. The molecule has 0 aliphatic carbocycles. The van der Waals surface area contributed by atoms with Crippen LogP contribution in [0.2, 0.25) is 0 Å². The molecule has 7 nitrogen and oxygen atoms in total. The van der Waals surface area contributed by atoms with Crippen molar-refractivity contribution in [3.8, 4) is 22.8 Å². The number of ether oxygens (including phenoxy) is 1. The summed E-state index contributed by atoms with van der Waals surface area (Å²) in [6.07, 6.45) is -0.704. The number of carbonyl (C=O) groups excluding carboxylic acids is 1. The Morgan fingerprint density at radius 2 is 1.61 bits per heavy atom. The molecule has 3 aromatic carbocycles. The first-order valence-corrected chi connectivity index (χ1v) is 9.74. The zero-order valence-electron chi connectivity index (χ0n) is 16.6. The van der Waals surface area contributed by atoms with E-state index in [0.717, 1.165) is 16.5 Å². The molecule has 2 heterocycles. The van der Waals surface area contributed by atoms with E-state index in [4.69, 9.17) is 13.7 Å². The van der Waals surface area contributed by atoms with Gasteiger partial charge >= 0.3 is 5.97 Å². The molecule has 152 valence electrons. The molecular weight excluding hydrogens is 394 g/mol. The molecule has 31 heavy (non-hydrogen) atoms. The van der Waals surface area contributed by atoms with Crippen molar-refractivity contribution in [3.63, 3.8) is 0 Å². The number of hydrogen-bond donors (Lipinski definition) is 0. The maximum atomic E-state index is 12.8. The van der Waals surface area contributed by atoms with Crippen LogP contribution in [0.4, 0.5) is 0 Å². The molecule has 0 bridgehead atoms. The number of fused-ring (bicyclic) bond motifs is 1. The van der Waals surface area contributed by atoms with E-state index in [0.29, 0.717) is 22.7 Å². The Morgan fingerprint density at radius 1 is 0.903 bits per heavy atom. The van der Waals surface area contributed by atoms with Crippen molar-refractivity contribution >= 4 is 16.9 Å². The number of rotatable bonds is 5. The molecule has 0 saturated heterocycles. The first-order chi connectivity index (χ1) is 15.2. The highest BCUT2D eigenvalue weighted by atomic mass is 16.6. The zero-order valence-corrected chi connectivity index (χ0v) is 16.6. The first kappa shape index (κ1) is 18.7. The van der Waals surface area contributed by atoms with E-state index in [2.05, 4.69) is 15.4 Å². The van der Waals surface area contributed by atoms with Crippen molar-refractivity contribution in [2.75, 3.05) is 0 Å². The lowest BCUT2D eigenvalue weighted by Gasteiger charge is -2.09. The first-order valence-electron chi connectivity index (χ1n) is 9.74. The van der Waals surface area contributed by atoms with Gasteiger partial charge in [0, 0.05) is 11.1 Å². The standard InChI is InChI=1S/C24H17N3O4/c1-15(22-25-26-23(30-22)17-10-6-3-7-11-17)29-24(28)18-12-13-20-19(14-18)21(31-27-20)16-8-4-2-5-9-16/h2-15H,1H3/t15-/m0/s1. The predicted molar refractivity (Wildman–Crippen MR) is 113 cm³/mol. The third-order valence-corrected chi connectivity index (χ3v) is 4.84. The number of hydrogen-bond acceptors (Lipinski definition) is 7. The number of esters is 1. The molecule has 0 amide bonds. The number of benzene rings is 3. The second kappa shape index (κ2) is 7.87. The van der Waals surface area contributed by atoms with E-state index < -0.39 is 12.1 Å². The molecule has 2 aromatic heterocycles. The second-order valence-corrected chi connectivity index (χ2v) is 6.97. The molecule has 1 atom stereocenters. The van der Waals surface area contributed by atoms with Gasteiger partial charge in [0.1, 0.15) is 5.52 Å². The minimum absolute atomic E-state index is 0.225. The Morgan fingerprint density at radius 3 is 2.35 bits per heavy atom. The van der Waals surface area contributed by atoms with E-state index in [9.17, 15) is 4.79 Å². The SMILES string of the molecule is C[C@H](OC(=O)c1ccc2noc(-c3ccccc3)c2c1)c1nnc(-c2ccccc2)o1. The van der Waals surface area contributed by atoms with Crippen LogP contribution < -0.4 is 0 Å². The summed E-state index contributed by atoms with van der Waals surface area (Å²) < 4.78 is 16.7. The van der Waals surface area contributed by atoms with E-state index in [-0.39, 0.29) is 5.89 Å². The van der Waals surface area contributed by atoms with E-state index in [1.54, 1.807) is 25.1 Å². The third kappa shape index (κ3) is 3.69. The van der Waals surface area contributed by atoms with Gasteiger partial charge in [-0.2, -0.15) is 0 Å². The monoisotopic (exact) mass is 411 g/mol.